The Morgan fingerprint density at radius 2 is 2.42 bits per heavy atom. The van der Waals surface area contributed by atoms with Gasteiger partial charge in [0, 0.05) is 11.4 Å². The number of rotatable bonds is 4. The Morgan fingerprint density at radius 3 is 3.16 bits per heavy atom. The van der Waals surface area contributed by atoms with Crippen LogP contribution in [-0.2, 0) is 11.3 Å². The lowest BCUT2D eigenvalue weighted by atomic mass is 9.93. The van der Waals surface area contributed by atoms with Crippen LogP contribution in [0.15, 0.2) is 17.5 Å². The zero-order valence-corrected chi connectivity index (χ0v) is 12.3. The first kappa shape index (κ1) is 13.1. The van der Waals surface area contributed by atoms with Crippen LogP contribution in [0.1, 0.15) is 31.1 Å². The van der Waals surface area contributed by atoms with E-state index >= 15 is 0 Å². The summed E-state index contributed by atoms with van der Waals surface area (Å²) >= 11 is 1.73. The molecule has 1 aromatic rings. The van der Waals surface area contributed by atoms with Crippen molar-refractivity contribution in [2.45, 2.75) is 38.8 Å². The molecular weight excluding hydrogens is 256 g/mol. The number of carbonyl (C=O) groups excluding carboxylic acids is 1. The highest BCUT2D eigenvalue weighted by Gasteiger charge is 2.43. The van der Waals surface area contributed by atoms with Crippen molar-refractivity contribution in [3.8, 4) is 0 Å². The molecule has 1 aliphatic carbocycles. The van der Waals surface area contributed by atoms with Gasteiger partial charge in [0.05, 0.1) is 12.6 Å². The van der Waals surface area contributed by atoms with Crippen molar-refractivity contribution in [3.63, 3.8) is 0 Å². The van der Waals surface area contributed by atoms with Gasteiger partial charge in [-0.05, 0) is 49.6 Å². The van der Waals surface area contributed by atoms with Crippen LogP contribution < -0.4 is 5.32 Å². The number of carbonyl (C=O) groups is 1. The molecule has 0 aromatic carbocycles. The molecule has 1 amide bonds. The maximum absolute atomic E-state index is 12.7. The van der Waals surface area contributed by atoms with Crippen molar-refractivity contribution < 1.29 is 4.79 Å². The molecule has 1 N–H and O–H groups in total. The number of fused-ring (bicyclic) bond motifs is 1. The van der Waals surface area contributed by atoms with Gasteiger partial charge in [-0.3, -0.25) is 4.79 Å². The molecular formula is C15H22N2OS. The molecule has 3 nitrogen and oxygen atoms in total. The normalized spacial score (nSPS) is 29.4. The van der Waals surface area contributed by atoms with Gasteiger partial charge in [0.15, 0.2) is 0 Å². The van der Waals surface area contributed by atoms with Gasteiger partial charge in [-0.1, -0.05) is 12.5 Å². The van der Waals surface area contributed by atoms with E-state index in [1.54, 1.807) is 11.3 Å². The summed E-state index contributed by atoms with van der Waals surface area (Å²) in [6.07, 6.45) is 3.83. The zero-order chi connectivity index (χ0) is 13.2. The van der Waals surface area contributed by atoms with Crippen LogP contribution in [0.2, 0.25) is 0 Å². The SMILES string of the molecule is CCN(Cc1cccs1)C(=O)C1NCC2CCCC21. The van der Waals surface area contributed by atoms with Crippen molar-refractivity contribution in [3.05, 3.63) is 22.4 Å². The summed E-state index contributed by atoms with van der Waals surface area (Å²) in [5, 5.41) is 5.54. The highest BCUT2D eigenvalue weighted by atomic mass is 32.1. The summed E-state index contributed by atoms with van der Waals surface area (Å²) in [4.78, 5) is 16.0. The second kappa shape index (κ2) is 5.63. The van der Waals surface area contributed by atoms with Gasteiger partial charge in [-0.15, -0.1) is 11.3 Å². The fraction of sp³-hybridized carbons (Fsp3) is 0.667. The highest BCUT2D eigenvalue weighted by Crippen LogP contribution is 2.38. The predicted molar refractivity (Wildman–Crippen MR) is 78.0 cm³/mol. The Morgan fingerprint density at radius 1 is 1.53 bits per heavy atom. The molecule has 0 radical (unpaired) electrons. The van der Waals surface area contributed by atoms with E-state index in [2.05, 4.69) is 29.8 Å². The highest BCUT2D eigenvalue weighted by molar-refractivity contribution is 7.09. The summed E-state index contributed by atoms with van der Waals surface area (Å²) in [7, 11) is 0. The quantitative estimate of drug-likeness (QED) is 0.917. The van der Waals surface area contributed by atoms with Crippen molar-refractivity contribution in [1.82, 2.24) is 10.2 Å². The third-order valence-electron chi connectivity index (χ3n) is 4.63. The van der Waals surface area contributed by atoms with E-state index in [4.69, 9.17) is 0 Å². The molecule has 0 spiro atoms. The van der Waals surface area contributed by atoms with Crippen LogP contribution in [0.4, 0.5) is 0 Å². The summed E-state index contributed by atoms with van der Waals surface area (Å²) in [5.74, 6) is 1.64. The molecule has 3 rings (SSSR count). The van der Waals surface area contributed by atoms with Crippen LogP contribution in [-0.4, -0.2) is 29.9 Å². The minimum atomic E-state index is 0.0763. The van der Waals surface area contributed by atoms with Gasteiger partial charge in [0.1, 0.15) is 0 Å². The Hall–Kier alpha value is -0.870. The Bertz CT molecular complexity index is 431. The van der Waals surface area contributed by atoms with Crippen LogP contribution in [0, 0.1) is 11.8 Å². The van der Waals surface area contributed by atoms with Gasteiger partial charge in [-0.2, -0.15) is 0 Å². The third kappa shape index (κ3) is 2.56. The Balaban J connectivity index is 1.67. The lowest BCUT2D eigenvalue weighted by Gasteiger charge is -2.26. The number of amides is 1. The molecule has 3 atom stereocenters. The van der Waals surface area contributed by atoms with Gasteiger partial charge in [0.2, 0.25) is 5.91 Å². The van der Waals surface area contributed by atoms with Gasteiger partial charge >= 0.3 is 0 Å². The topological polar surface area (TPSA) is 32.3 Å². The van der Waals surface area contributed by atoms with E-state index in [1.165, 1.54) is 24.1 Å². The molecule has 104 valence electrons. The van der Waals surface area contributed by atoms with Crippen molar-refractivity contribution in [2.75, 3.05) is 13.1 Å². The zero-order valence-electron chi connectivity index (χ0n) is 11.5. The lowest BCUT2D eigenvalue weighted by molar-refractivity contribution is -0.134. The molecule has 2 heterocycles. The maximum Gasteiger partial charge on any atom is 0.240 e. The van der Waals surface area contributed by atoms with Gasteiger partial charge < -0.3 is 10.2 Å². The largest absolute Gasteiger partial charge is 0.336 e. The summed E-state index contributed by atoms with van der Waals surface area (Å²) in [5.41, 5.74) is 0. The first-order chi connectivity index (χ1) is 9.29. The minimum Gasteiger partial charge on any atom is -0.336 e. The van der Waals surface area contributed by atoms with Crippen LogP contribution in [0.5, 0.6) is 0 Å². The van der Waals surface area contributed by atoms with E-state index in [0.29, 0.717) is 11.8 Å². The summed E-state index contributed by atoms with van der Waals surface area (Å²) in [6.45, 7) is 4.68. The van der Waals surface area contributed by atoms with Crippen LogP contribution in [0.3, 0.4) is 0 Å². The fourth-order valence-corrected chi connectivity index (χ4v) is 4.31. The molecule has 1 aromatic heterocycles. The molecule has 2 aliphatic rings. The number of likely N-dealkylation sites (N-methyl/N-ethyl adjacent to an activating group) is 1. The Kier molecular flexibility index (Phi) is 3.89. The van der Waals surface area contributed by atoms with Gasteiger partial charge in [0.25, 0.3) is 0 Å². The molecule has 2 fully saturated rings. The van der Waals surface area contributed by atoms with Crippen LogP contribution >= 0.6 is 11.3 Å². The molecule has 1 saturated carbocycles. The van der Waals surface area contributed by atoms with E-state index < -0.39 is 0 Å². The van der Waals surface area contributed by atoms with Crippen molar-refractivity contribution >= 4 is 17.2 Å². The van der Waals surface area contributed by atoms with E-state index in [9.17, 15) is 4.79 Å². The molecule has 1 saturated heterocycles. The molecule has 3 unspecified atom stereocenters. The van der Waals surface area contributed by atoms with E-state index in [-0.39, 0.29) is 6.04 Å². The molecule has 4 heteroatoms. The standard InChI is InChI=1S/C15H22N2OS/c1-2-17(10-12-6-4-8-19-12)15(18)14-13-7-3-5-11(13)9-16-14/h4,6,8,11,13-14,16H,2-3,5,7,9-10H2,1H3. The maximum atomic E-state index is 12.7. The number of thiophene rings is 1. The number of hydrogen-bond donors (Lipinski definition) is 1. The molecule has 0 bridgehead atoms. The number of nitrogens with one attached hydrogen (secondary N) is 1. The van der Waals surface area contributed by atoms with Crippen LogP contribution in [0.25, 0.3) is 0 Å². The average molecular weight is 278 g/mol. The van der Waals surface area contributed by atoms with Crippen molar-refractivity contribution in [1.29, 1.82) is 0 Å². The van der Waals surface area contributed by atoms with E-state index in [1.807, 2.05) is 4.90 Å². The fourth-order valence-electron chi connectivity index (χ4n) is 3.59. The molecule has 1 aliphatic heterocycles. The predicted octanol–water partition coefficient (Wildman–Crippen LogP) is 2.48. The first-order valence-electron chi connectivity index (χ1n) is 7.34. The first-order valence-corrected chi connectivity index (χ1v) is 8.22. The second-order valence-electron chi connectivity index (χ2n) is 5.67. The van der Waals surface area contributed by atoms with E-state index in [0.717, 1.165) is 25.6 Å². The third-order valence-corrected chi connectivity index (χ3v) is 5.49. The summed E-state index contributed by atoms with van der Waals surface area (Å²) < 4.78 is 0. The van der Waals surface area contributed by atoms with Gasteiger partial charge in [-0.25, -0.2) is 0 Å². The lowest BCUT2D eigenvalue weighted by Crippen LogP contribution is -2.45. The minimum absolute atomic E-state index is 0.0763. The Labute approximate surface area is 119 Å². The van der Waals surface area contributed by atoms with Crippen molar-refractivity contribution in [2.24, 2.45) is 11.8 Å². The smallest absolute Gasteiger partial charge is 0.240 e. The monoisotopic (exact) mass is 278 g/mol. The number of hydrogen-bond acceptors (Lipinski definition) is 3. The second-order valence-corrected chi connectivity index (χ2v) is 6.70. The number of nitrogens with zero attached hydrogens (tertiary/aromatic N) is 1. The summed E-state index contributed by atoms with van der Waals surface area (Å²) in [6, 6.07) is 4.24. The average Bonchev–Trinajstić information content (AvgIpc) is 3.11. The molecule has 19 heavy (non-hydrogen) atoms.